The molecule has 0 N–H and O–H groups in total. The summed E-state index contributed by atoms with van der Waals surface area (Å²) in [6, 6.07) is 0. The first kappa shape index (κ1) is 13.9. The smallest absolute Gasteiger partial charge is 0.409 e. The summed E-state index contributed by atoms with van der Waals surface area (Å²) in [5, 5.41) is 1.82. The number of thiazole rings is 1. The molecule has 0 atom stereocenters. The molecule has 1 fully saturated rings. The summed E-state index contributed by atoms with van der Waals surface area (Å²) in [7, 11) is 0. The standard InChI is InChI=1S/C13H16N4O3S/c1-2-20-13(19)16-7-5-15(6-8-16)11(18)10-9-21-12-14-3-4-17(10)12/h3-4,9H,2,5-8H2,1H3. The summed E-state index contributed by atoms with van der Waals surface area (Å²) in [6.45, 7) is 4.19. The minimum absolute atomic E-state index is 0.0252. The number of piperazine rings is 1. The van der Waals surface area contributed by atoms with Gasteiger partial charge >= 0.3 is 6.09 Å². The van der Waals surface area contributed by atoms with Gasteiger partial charge in [0.2, 0.25) is 0 Å². The first-order valence-corrected chi connectivity index (χ1v) is 7.70. The van der Waals surface area contributed by atoms with Crippen LogP contribution in [0.2, 0.25) is 0 Å². The van der Waals surface area contributed by atoms with Gasteiger partial charge in [-0.15, -0.1) is 11.3 Å². The molecule has 1 aliphatic heterocycles. The van der Waals surface area contributed by atoms with Gasteiger partial charge < -0.3 is 14.5 Å². The molecule has 0 radical (unpaired) electrons. The van der Waals surface area contributed by atoms with E-state index < -0.39 is 0 Å². The molecule has 7 nitrogen and oxygen atoms in total. The molecular weight excluding hydrogens is 292 g/mol. The fraction of sp³-hybridized carbons (Fsp3) is 0.462. The van der Waals surface area contributed by atoms with Crippen LogP contribution in [-0.4, -0.2) is 64.0 Å². The molecule has 0 unspecified atom stereocenters. The second-order valence-corrected chi connectivity index (χ2v) is 5.52. The van der Waals surface area contributed by atoms with Gasteiger partial charge in [-0.2, -0.15) is 0 Å². The van der Waals surface area contributed by atoms with E-state index in [2.05, 4.69) is 4.98 Å². The maximum atomic E-state index is 12.5. The zero-order valence-electron chi connectivity index (χ0n) is 11.7. The number of imidazole rings is 1. The van der Waals surface area contributed by atoms with Gasteiger partial charge in [-0.25, -0.2) is 9.78 Å². The van der Waals surface area contributed by atoms with Crippen LogP contribution in [0.1, 0.15) is 17.4 Å². The molecule has 2 amide bonds. The van der Waals surface area contributed by atoms with Crippen LogP contribution in [0.4, 0.5) is 4.79 Å². The number of fused-ring (bicyclic) bond motifs is 1. The number of amides is 2. The predicted octanol–water partition coefficient (Wildman–Crippen LogP) is 1.31. The molecule has 8 heteroatoms. The summed E-state index contributed by atoms with van der Waals surface area (Å²) < 4.78 is 6.77. The van der Waals surface area contributed by atoms with E-state index in [1.807, 2.05) is 5.38 Å². The topological polar surface area (TPSA) is 67.2 Å². The lowest BCUT2D eigenvalue weighted by atomic mass is 10.3. The first-order chi connectivity index (χ1) is 10.2. The van der Waals surface area contributed by atoms with Crippen LogP contribution < -0.4 is 0 Å². The Morgan fingerprint density at radius 2 is 2.00 bits per heavy atom. The van der Waals surface area contributed by atoms with Gasteiger partial charge in [0.15, 0.2) is 4.96 Å². The van der Waals surface area contributed by atoms with E-state index in [0.29, 0.717) is 38.5 Å². The van der Waals surface area contributed by atoms with E-state index in [9.17, 15) is 9.59 Å². The molecule has 1 aliphatic rings. The minimum atomic E-state index is -0.308. The van der Waals surface area contributed by atoms with Gasteiger partial charge in [-0.3, -0.25) is 9.20 Å². The average molecular weight is 308 g/mol. The predicted molar refractivity (Wildman–Crippen MR) is 77.6 cm³/mol. The Kier molecular flexibility index (Phi) is 3.78. The fourth-order valence-corrected chi connectivity index (χ4v) is 3.17. The van der Waals surface area contributed by atoms with Crippen LogP contribution in [0, 0.1) is 0 Å². The Morgan fingerprint density at radius 1 is 1.29 bits per heavy atom. The Morgan fingerprint density at radius 3 is 2.71 bits per heavy atom. The van der Waals surface area contributed by atoms with E-state index in [4.69, 9.17) is 4.74 Å². The number of hydrogen-bond acceptors (Lipinski definition) is 5. The molecule has 1 saturated heterocycles. The SMILES string of the molecule is CCOC(=O)N1CCN(C(=O)c2csc3nccn23)CC1. The Bertz CT molecular complexity index is 657. The number of carbonyl (C=O) groups is 2. The van der Waals surface area contributed by atoms with Crippen LogP contribution in [0.15, 0.2) is 17.8 Å². The summed E-state index contributed by atoms with van der Waals surface area (Å²) in [5.74, 6) is -0.0252. The molecule has 0 bridgehead atoms. The molecule has 2 aromatic heterocycles. The van der Waals surface area contributed by atoms with Crippen molar-refractivity contribution in [3.63, 3.8) is 0 Å². The van der Waals surface area contributed by atoms with Crippen LogP contribution >= 0.6 is 11.3 Å². The number of rotatable bonds is 2. The number of nitrogens with zero attached hydrogens (tertiary/aromatic N) is 4. The number of carbonyl (C=O) groups excluding carboxylic acids is 2. The van der Waals surface area contributed by atoms with Crippen molar-refractivity contribution in [1.82, 2.24) is 19.2 Å². The summed E-state index contributed by atoms with van der Waals surface area (Å²) in [4.78, 5) is 32.5. The molecule has 0 aromatic carbocycles. The quantitative estimate of drug-likeness (QED) is 0.839. The van der Waals surface area contributed by atoms with Crippen molar-refractivity contribution in [1.29, 1.82) is 0 Å². The first-order valence-electron chi connectivity index (χ1n) is 6.82. The lowest BCUT2D eigenvalue weighted by molar-refractivity contribution is 0.0565. The Balaban J connectivity index is 1.66. The Hall–Kier alpha value is -2.09. The second-order valence-electron chi connectivity index (χ2n) is 4.68. The van der Waals surface area contributed by atoms with Crippen molar-refractivity contribution in [3.05, 3.63) is 23.5 Å². The van der Waals surface area contributed by atoms with E-state index in [1.54, 1.807) is 33.5 Å². The van der Waals surface area contributed by atoms with Crippen LogP contribution in [0.5, 0.6) is 0 Å². The third-order valence-electron chi connectivity index (χ3n) is 3.45. The number of hydrogen-bond donors (Lipinski definition) is 0. The molecule has 0 spiro atoms. The molecule has 3 rings (SSSR count). The Labute approximate surface area is 125 Å². The maximum absolute atomic E-state index is 12.5. The molecule has 21 heavy (non-hydrogen) atoms. The molecule has 2 aromatic rings. The highest BCUT2D eigenvalue weighted by Crippen LogP contribution is 2.17. The van der Waals surface area contributed by atoms with Gasteiger partial charge in [0.25, 0.3) is 5.91 Å². The molecule has 112 valence electrons. The average Bonchev–Trinajstić information content (AvgIpc) is 3.10. The van der Waals surface area contributed by atoms with Crippen LogP contribution in [-0.2, 0) is 4.74 Å². The third kappa shape index (κ3) is 2.58. The summed E-state index contributed by atoms with van der Waals surface area (Å²) in [5.41, 5.74) is 0.622. The summed E-state index contributed by atoms with van der Waals surface area (Å²) >= 11 is 1.44. The van der Waals surface area contributed by atoms with Crippen molar-refractivity contribution < 1.29 is 14.3 Å². The molecular formula is C13H16N4O3S. The van der Waals surface area contributed by atoms with Crippen LogP contribution in [0.3, 0.4) is 0 Å². The van der Waals surface area contributed by atoms with E-state index in [0.717, 1.165) is 4.96 Å². The number of ether oxygens (including phenoxy) is 1. The van der Waals surface area contributed by atoms with Crippen molar-refractivity contribution in [3.8, 4) is 0 Å². The molecule has 0 aliphatic carbocycles. The van der Waals surface area contributed by atoms with Gasteiger partial charge in [0.1, 0.15) is 5.69 Å². The number of aromatic nitrogens is 2. The minimum Gasteiger partial charge on any atom is -0.450 e. The second kappa shape index (κ2) is 5.72. The zero-order chi connectivity index (χ0) is 14.8. The zero-order valence-corrected chi connectivity index (χ0v) is 12.5. The lowest BCUT2D eigenvalue weighted by Gasteiger charge is -2.33. The molecule has 0 saturated carbocycles. The van der Waals surface area contributed by atoms with Gasteiger partial charge in [0, 0.05) is 44.0 Å². The van der Waals surface area contributed by atoms with Gasteiger partial charge in [-0.1, -0.05) is 0 Å². The normalized spacial score (nSPS) is 15.5. The molecule has 3 heterocycles. The highest BCUT2D eigenvalue weighted by atomic mass is 32.1. The third-order valence-corrected chi connectivity index (χ3v) is 4.31. The fourth-order valence-electron chi connectivity index (χ4n) is 2.35. The van der Waals surface area contributed by atoms with E-state index >= 15 is 0 Å². The van der Waals surface area contributed by atoms with Gasteiger partial charge in [-0.05, 0) is 6.92 Å². The largest absolute Gasteiger partial charge is 0.450 e. The lowest BCUT2D eigenvalue weighted by Crippen LogP contribution is -2.50. The van der Waals surface area contributed by atoms with Crippen molar-refractivity contribution >= 4 is 28.3 Å². The summed E-state index contributed by atoms with van der Waals surface area (Å²) in [6.07, 6.45) is 3.16. The maximum Gasteiger partial charge on any atom is 0.409 e. The van der Waals surface area contributed by atoms with Crippen molar-refractivity contribution in [2.45, 2.75) is 6.92 Å². The van der Waals surface area contributed by atoms with Gasteiger partial charge in [0.05, 0.1) is 6.61 Å². The van der Waals surface area contributed by atoms with Crippen LogP contribution in [0.25, 0.3) is 4.96 Å². The van der Waals surface area contributed by atoms with Crippen molar-refractivity contribution in [2.75, 3.05) is 32.8 Å². The monoisotopic (exact) mass is 308 g/mol. The highest BCUT2D eigenvalue weighted by Gasteiger charge is 2.26. The van der Waals surface area contributed by atoms with Crippen molar-refractivity contribution in [2.24, 2.45) is 0 Å². The van der Waals surface area contributed by atoms with E-state index in [-0.39, 0.29) is 12.0 Å². The van der Waals surface area contributed by atoms with E-state index in [1.165, 1.54) is 11.3 Å². The highest BCUT2D eigenvalue weighted by molar-refractivity contribution is 7.15.